The van der Waals surface area contributed by atoms with Crippen LogP contribution in [0.1, 0.15) is 12.1 Å². The maximum absolute atomic E-state index is 10.5. The highest BCUT2D eigenvalue weighted by Gasteiger charge is 2.45. The van der Waals surface area contributed by atoms with E-state index in [1.807, 2.05) is 11.9 Å². The van der Waals surface area contributed by atoms with E-state index in [-0.39, 0.29) is 5.82 Å². The third kappa shape index (κ3) is 3.29. The van der Waals surface area contributed by atoms with E-state index in [2.05, 4.69) is 19.8 Å². The molecule has 1 saturated heterocycles. The molecule has 2 aromatic rings. The lowest BCUT2D eigenvalue weighted by Gasteiger charge is -2.22. The number of anilines is 1. The van der Waals surface area contributed by atoms with Crippen LogP contribution in [0.3, 0.4) is 0 Å². The zero-order chi connectivity index (χ0) is 18.1. The SMILES string of the molecule is Cc1nc2c(N)ncnc2n1[C@@H]1O[C@H](CN(C)CCON)C(O)C1O. The van der Waals surface area contributed by atoms with Crippen molar-refractivity contribution >= 4 is 17.0 Å². The van der Waals surface area contributed by atoms with E-state index in [0.29, 0.717) is 36.7 Å². The van der Waals surface area contributed by atoms with E-state index < -0.39 is 24.5 Å². The standard InChI is InChI=1S/C14H23N7O4/c1-7-19-9-12(15)17-6-18-13(9)21(7)14-11(23)10(22)8(25-14)5-20(2)3-4-24-16/h6,8,10-11,14,22-23H,3-5,16H2,1-2H3,(H2,15,17,18)/t8-,10?,11?,14-/m1/s1. The molecule has 2 aromatic heterocycles. The van der Waals surface area contributed by atoms with E-state index in [4.69, 9.17) is 16.4 Å². The average Bonchev–Trinajstić information content (AvgIpc) is 3.05. The molecule has 6 N–H and O–H groups in total. The Bertz CT molecular complexity index is 739. The largest absolute Gasteiger partial charge is 0.387 e. The molecule has 1 aliphatic rings. The van der Waals surface area contributed by atoms with Crippen molar-refractivity contribution in [1.82, 2.24) is 24.4 Å². The minimum Gasteiger partial charge on any atom is -0.387 e. The Labute approximate surface area is 144 Å². The highest BCUT2D eigenvalue weighted by Crippen LogP contribution is 2.33. The number of likely N-dealkylation sites (N-methyl/N-ethyl adjacent to an activating group) is 1. The van der Waals surface area contributed by atoms with E-state index in [1.165, 1.54) is 6.33 Å². The number of hydrogen-bond acceptors (Lipinski definition) is 10. The van der Waals surface area contributed by atoms with Crippen LogP contribution in [0.4, 0.5) is 5.82 Å². The van der Waals surface area contributed by atoms with Gasteiger partial charge in [0.25, 0.3) is 0 Å². The summed E-state index contributed by atoms with van der Waals surface area (Å²) in [4.78, 5) is 18.9. The number of aliphatic hydroxyl groups is 2. The topological polar surface area (TPSA) is 158 Å². The molecule has 1 fully saturated rings. The number of aryl methyl sites for hydroxylation is 1. The van der Waals surface area contributed by atoms with E-state index in [9.17, 15) is 10.2 Å². The second kappa shape index (κ2) is 7.15. The van der Waals surface area contributed by atoms with Gasteiger partial charge >= 0.3 is 0 Å². The van der Waals surface area contributed by atoms with Crippen LogP contribution in [0.15, 0.2) is 6.33 Å². The fourth-order valence-corrected chi connectivity index (χ4v) is 3.04. The smallest absolute Gasteiger partial charge is 0.167 e. The summed E-state index contributed by atoms with van der Waals surface area (Å²) in [6.45, 7) is 3.08. The van der Waals surface area contributed by atoms with Crippen LogP contribution in [-0.2, 0) is 9.57 Å². The zero-order valence-electron chi connectivity index (χ0n) is 14.1. The normalized spacial score (nSPS) is 26.8. The first-order valence-electron chi connectivity index (χ1n) is 7.91. The molecule has 11 heteroatoms. The molecule has 0 saturated carbocycles. The quantitative estimate of drug-likeness (QED) is 0.435. The summed E-state index contributed by atoms with van der Waals surface area (Å²) in [5.74, 6) is 5.83. The average molecular weight is 353 g/mol. The Balaban J connectivity index is 1.84. The molecular weight excluding hydrogens is 330 g/mol. The molecule has 138 valence electrons. The van der Waals surface area contributed by atoms with Crippen LogP contribution in [0.5, 0.6) is 0 Å². The van der Waals surface area contributed by atoms with Gasteiger partial charge in [0.05, 0.1) is 6.61 Å². The second-order valence-corrected chi connectivity index (χ2v) is 6.14. The van der Waals surface area contributed by atoms with E-state index in [0.717, 1.165) is 0 Å². The third-order valence-electron chi connectivity index (χ3n) is 4.36. The van der Waals surface area contributed by atoms with Gasteiger partial charge in [-0.2, -0.15) is 0 Å². The van der Waals surface area contributed by atoms with Gasteiger partial charge in [0.1, 0.15) is 30.5 Å². The number of imidazole rings is 1. The number of nitrogens with zero attached hydrogens (tertiary/aromatic N) is 5. The molecule has 0 radical (unpaired) electrons. The molecule has 0 aromatic carbocycles. The van der Waals surface area contributed by atoms with Crippen LogP contribution in [-0.4, -0.2) is 79.7 Å². The number of nitrogens with two attached hydrogens (primary N) is 2. The van der Waals surface area contributed by atoms with Crippen LogP contribution >= 0.6 is 0 Å². The summed E-state index contributed by atoms with van der Waals surface area (Å²) >= 11 is 0. The monoisotopic (exact) mass is 353 g/mol. The lowest BCUT2D eigenvalue weighted by Crippen LogP contribution is -2.39. The molecule has 4 atom stereocenters. The minimum atomic E-state index is -1.13. The number of rotatable bonds is 6. The summed E-state index contributed by atoms with van der Waals surface area (Å²) in [5.41, 5.74) is 6.72. The van der Waals surface area contributed by atoms with Crippen molar-refractivity contribution in [1.29, 1.82) is 0 Å². The number of ether oxygens (including phenoxy) is 1. The summed E-state index contributed by atoms with van der Waals surface area (Å²) in [5, 5.41) is 20.9. The fourth-order valence-electron chi connectivity index (χ4n) is 3.04. The van der Waals surface area contributed by atoms with Crippen molar-refractivity contribution in [3.8, 4) is 0 Å². The fraction of sp³-hybridized carbons (Fsp3) is 0.643. The Kier molecular flexibility index (Phi) is 5.13. The molecule has 0 bridgehead atoms. The van der Waals surface area contributed by atoms with Crippen molar-refractivity contribution < 1.29 is 19.8 Å². The number of aromatic nitrogens is 4. The highest BCUT2D eigenvalue weighted by molar-refractivity contribution is 5.81. The molecule has 3 rings (SSSR count). The molecule has 0 aliphatic carbocycles. The number of fused-ring (bicyclic) bond motifs is 1. The molecule has 3 heterocycles. The molecule has 0 amide bonds. The van der Waals surface area contributed by atoms with E-state index >= 15 is 0 Å². The van der Waals surface area contributed by atoms with E-state index in [1.54, 1.807) is 11.5 Å². The highest BCUT2D eigenvalue weighted by atomic mass is 16.6. The van der Waals surface area contributed by atoms with Gasteiger partial charge in [0.15, 0.2) is 23.2 Å². The lowest BCUT2D eigenvalue weighted by molar-refractivity contribution is -0.0445. The number of aliphatic hydroxyl groups excluding tert-OH is 2. The summed E-state index contributed by atoms with van der Waals surface area (Å²) < 4.78 is 7.55. The molecule has 11 nitrogen and oxygen atoms in total. The Morgan fingerprint density at radius 3 is 2.84 bits per heavy atom. The van der Waals surface area contributed by atoms with Gasteiger partial charge in [-0.1, -0.05) is 0 Å². The molecular formula is C14H23N7O4. The van der Waals surface area contributed by atoms with Gasteiger partial charge in [-0.15, -0.1) is 0 Å². The first-order chi connectivity index (χ1) is 11.9. The van der Waals surface area contributed by atoms with Crippen LogP contribution in [0, 0.1) is 6.92 Å². The first-order valence-corrected chi connectivity index (χ1v) is 7.91. The molecule has 1 aliphatic heterocycles. The minimum absolute atomic E-state index is 0.248. The molecule has 0 spiro atoms. The Morgan fingerprint density at radius 1 is 1.36 bits per heavy atom. The number of nitrogen functional groups attached to an aromatic ring is 1. The van der Waals surface area contributed by atoms with Crippen LogP contribution in [0.2, 0.25) is 0 Å². The molecule has 2 unspecified atom stereocenters. The number of hydrogen-bond donors (Lipinski definition) is 4. The Morgan fingerprint density at radius 2 is 2.12 bits per heavy atom. The van der Waals surface area contributed by atoms with Crippen LogP contribution < -0.4 is 11.6 Å². The van der Waals surface area contributed by atoms with Gasteiger partial charge in [0.2, 0.25) is 0 Å². The molecule has 25 heavy (non-hydrogen) atoms. The lowest BCUT2D eigenvalue weighted by atomic mass is 10.1. The van der Waals surface area contributed by atoms with Crippen molar-refractivity contribution in [3.05, 3.63) is 12.2 Å². The zero-order valence-corrected chi connectivity index (χ0v) is 14.1. The second-order valence-electron chi connectivity index (χ2n) is 6.14. The maximum Gasteiger partial charge on any atom is 0.167 e. The van der Waals surface area contributed by atoms with Gasteiger partial charge in [-0.05, 0) is 14.0 Å². The predicted octanol–water partition coefficient (Wildman–Crippen LogP) is -1.84. The van der Waals surface area contributed by atoms with Crippen molar-refractivity contribution in [2.45, 2.75) is 31.5 Å². The first kappa shape index (κ1) is 17.9. The Hall–Kier alpha value is -1.89. The van der Waals surface area contributed by atoms with Gasteiger partial charge in [0, 0.05) is 13.1 Å². The predicted molar refractivity (Wildman–Crippen MR) is 88.0 cm³/mol. The third-order valence-corrected chi connectivity index (χ3v) is 4.36. The van der Waals surface area contributed by atoms with Crippen LogP contribution in [0.25, 0.3) is 11.2 Å². The van der Waals surface area contributed by atoms with Gasteiger partial charge < -0.3 is 30.4 Å². The van der Waals surface area contributed by atoms with Gasteiger partial charge in [-0.3, -0.25) is 4.57 Å². The van der Waals surface area contributed by atoms with Crippen molar-refractivity contribution in [2.75, 3.05) is 32.5 Å². The summed E-state index contributed by atoms with van der Waals surface area (Å²) in [7, 11) is 1.85. The van der Waals surface area contributed by atoms with Gasteiger partial charge in [-0.25, -0.2) is 20.8 Å². The summed E-state index contributed by atoms with van der Waals surface area (Å²) in [6.07, 6.45) is -2.26. The maximum atomic E-state index is 10.5. The summed E-state index contributed by atoms with van der Waals surface area (Å²) in [6, 6.07) is 0. The van der Waals surface area contributed by atoms with Crippen molar-refractivity contribution in [2.24, 2.45) is 5.90 Å². The van der Waals surface area contributed by atoms with Crippen molar-refractivity contribution in [3.63, 3.8) is 0 Å².